The average molecular weight is 619 g/mol. The molecular weight excluding hydrogens is 587 g/mol. The van der Waals surface area contributed by atoms with Crippen molar-refractivity contribution in [2.75, 3.05) is 0 Å². The number of amides is 1. The summed E-state index contributed by atoms with van der Waals surface area (Å²) >= 11 is 8.85. The second kappa shape index (κ2) is 9.63. The molecule has 3 aliphatic rings. The van der Waals surface area contributed by atoms with Gasteiger partial charge in [-0.3, -0.25) is 4.90 Å². The SMILES string of the molecule is CC(C)(C)OC(=O)N(Cc1ccccc1)C12CCC(/C(=N/I)c3c(Cl)cnc4[nH]ccc34)(CC1)CC2. The number of pyridine rings is 1. The Morgan fingerprint density at radius 1 is 1.14 bits per heavy atom. The number of ether oxygens (including phenoxy) is 1. The van der Waals surface area contributed by atoms with Crippen molar-refractivity contribution in [1.29, 1.82) is 0 Å². The molecule has 6 nitrogen and oxygen atoms in total. The van der Waals surface area contributed by atoms with Crippen LogP contribution in [-0.2, 0) is 11.3 Å². The third-order valence-corrected chi connectivity index (χ3v) is 8.71. The number of nitrogens with zero attached hydrogens (tertiary/aromatic N) is 3. The molecule has 3 fully saturated rings. The summed E-state index contributed by atoms with van der Waals surface area (Å²) in [6.07, 6.45) is 8.97. The molecule has 190 valence electrons. The molecule has 0 unspecified atom stereocenters. The van der Waals surface area contributed by atoms with Crippen molar-refractivity contribution in [2.45, 2.75) is 77.0 Å². The summed E-state index contributed by atoms with van der Waals surface area (Å²) in [6.45, 7) is 6.34. The highest BCUT2D eigenvalue weighted by Gasteiger charge is 2.55. The van der Waals surface area contributed by atoms with Crippen LogP contribution >= 0.6 is 34.5 Å². The molecule has 1 amide bonds. The van der Waals surface area contributed by atoms with Crippen molar-refractivity contribution in [3.8, 4) is 0 Å². The van der Waals surface area contributed by atoms with E-state index < -0.39 is 5.60 Å². The molecule has 0 aliphatic heterocycles. The Balaban J connectivity index is 1.46. The number of H-pyrrole nitrogens is 1. The van der Waals surface area contributed by atoms with Crippen LogP contribution in [0.15, 0.2) is 52.0 Å². The van der Waals surface area contributed by atoms with Crippen molar-refractivity contribution in [2.24, 2.45) is 8.62 Å². The second-order valence-corrected chi connectivity index (χ2v) is 12.1. The van der Waals surface area contributed by atoms with Crippen LogP contribution in [0.4, 0.5) is 4.79 Å². The van der Waals surface area contributed by atoms with E-state index >= 15 is 0 Å². The number of aromatic amines is 1. The monoisotopic (exact) mass is 618 g/mol. The fourth-order valence-corrected chi connectivity index (χ4v) is 7.05. The molecule has 0 spiro atoms. The van der Waals surface area contributed by atoms with Crippen LogP contribution in [0.3, 0.4) is 0 Å². The first-order valence-electron chi connectivity index (χ1n) is 12.5. The van der Waals surface area contributed by atoms with E-state index in [4.69, 9.17) is 19.5 Å². The standard InChI is InChI=1S/C28H32ClIN4O2/c1-26(2,3)36-25(35)34(18-19-7-5-4-6-8-19)28-13-10-27(11-14-28,12-15-28)23(33-30)22-20-9-16-31-24(20)32-17-21(22)29/h4-9,16-17H,10-15,18H2,1-3H3,(H,31,32)/b33-23+. The fourth-order valence-electron chi connectivity index (χ4n) is 6.06. The highest BCUT2D eigenvalue weighted by molar-refractivity contribution is 14.1. The smallest absolute Gasteiger partial charge is 0.411 e. The first-order valence-corrected chi connectivity index (χ1v) is 13.9. The van der Waals surface area contributed by atoms with Gasteiger partial charge in [-0.2, -0.15) is 0 Å². The molecule has 2 aromatic heterocycles. The zero-order chi connectivity index (χ0) is 25.6. The van der Waals surface area contributed by atoms with Gasteiger partial charge in [0.2, 0.25) is 0 Å². The summed E-state index contributed by atoms with van der Waals surface area (Å²) in [4.78, 5) is 23.2. The van der Waals surface area contributed by atoms with Gasteiger partial charge in [-0.05, 0) is 70.9 Å². The van der Waals surface area contributed by atoms with E-state index in [0.717, 1.165) is 66.4 Å². The van der Waals surface area contributed by atoms with Crippen molar-refractivity contribution >= 4 is 57.3 Å². The Morgan fingerprint density at radius 2 is 1.81 bits per heavy atom. The minimum atomic E-state index is -0.545. The minimum absolute atomic E-state index is 0.0650. The summed E-state index contributed by atoms with van der Waals surface area (Å²) < 4.78 is 10.7. The van der Waals surface area contributed by atoms with Crippen LogP contribution in [-0.4, -0.2) is 37.8 Å². The molecule has 36 heavy (non-hydrogen) atoms. The summed E-state index contributed by atoms with van der Waals surface area (Å²) in [6, 6.07) is 12.2. The van der Waals surface area contributed by atoms with E-state index in [-0.39, 0.29) is 17.0 Å². The van der Waals surface area contributed by atoms with Gasteiger partial charge in [0.05, 0.1) is 33.6 Å². The van der Waals surface area contributed by atoms with Gasteiger partial charge >= 0.3 is 6.09 Å². The Kier molecular flexibility index (Phi) is 6.83. The maximum Gasteiger partial charge on any atom is 0.411 e. The van der Waals surface area contributed by atoms with Gasteiger partial charge in [0.15, 0.2) is 0 Å². The van der Waals surface area contributed by atoms with Crippen LogP contribution in [0, 0.1) is 5.41 Å². The molecule has 0 saturated heterocycles. The molecule has 3 saturated carbocycles. The second-order valence-electron chi connectivity index (χ2n) is 11.2. The highest BCUT2D eigenvalue weighted by atomic mass is 127. The lowest BCUT2D eigenvalue weighted by molar-refractivity contribution is -0.0511. The lowest BCUT2D eigenvalue weighted by atomic mass is 9.54. The van der Waals surface area contributed by atoms with E-state index in [2.05, 4.69) is 45.0 Å². The minimum Gasteiger partial charge on any atom is -0.444 e. The maximum absolute atomic E-state index is 13.5. The topological polar surface area (TPSA) is 70.6 Å². The van der Waals surface area contributed by atoms with Crippen LogP contribution in [0.2, 0.25) is 5.02 Å². The first kappa shape index (κ1) is 25.5. The lowest BCUT2D eigenvalue weighted by Crippen LogP contribution is -2.60. The van der Waals surface area contributed by atoms with Crippen molar-refractivity contribution < 1.29 is 9.53 Å². The van der Waals surface area contributed by atoms with Gasteiger partial charge in [-0.25, -0.2) is 13.0 Å². The molecule has 2 bridgehead atoms. The first-order chi connectivity index (χ1) is 17.2. The number of halogens is 2. The number of hydrogen-bond donors (Lipinski definition) is 1. The van der Waals surface area contributed by atoms with Crippen molar-refractivity contribution in [3.63, 3.8) is 0 Å². The number of carbonyl (C=O) groups excluding carboxylic acids is 1. The molecule has 3 aromatic rings. The zero-order valence-corrected chi connectivity index (χ0v) is 23.9. The summed E-state index contributed by atoms with van der Waals surface area (Å²) in [5.74, 6) is 0. The van der Waals surface area contributed by atoms with Gasteiger partial charge < -0.3 is 9.72 Å². The molecule has 1 N–H and O–H groups in total. The summed E-state index contributed by atoms with van der Waals surface area (Å²) in [5.41, 5.74) is 3.15. The van der Waals surface area contributed by atoms with Gasteiger partial charge in [0.25, 0.3) is 0 Å². The predicted molar refractivity (Wildman–Crippen MR) is 153 cm³/mol. The molecule has 1 aromatic carbocycles. The van der Waals surface area contributed by atoms with Crippen LogP contribution in [0.1, 0.15) is 70.4 Å². The molecule has 0 radical (unpaired) electrons. The van der Waals surface area contributed by atoms with Crippen molar-refractivity contribution in [1.82, 2.24) is 14.9 Å². The Bertz CT molecular complexity index is 1270. The number of carbonyl (C=O) groups is 1. The summed E-state index contributed by atoms with van der Waals surface area (Å²) in [5, 5.41) is 1.64. The van der Waals surface area contributed by atoms with E-state index in [9.17, 15) is 4.79 Å². The Morgan fingerprint density at radius 3 is 2.42 bits per heavy atom. The number of benzene rings is 1. The van der Waals surface area contributed by atoms with Gasteiger partial charge in [-0.1, -0.05) is 41.9 Å². The van der Waals surface area contributed by atoms with E-state index in [1.54, 1.807) is 6.20 Å². The quantitative estimate of drug-likeness (QED) is 0.234. The van der Waals surface area contributed by atoms with Crippen molar-refractivity contribution in [3.05, 3.63) is 64.9 Å². The number of aromatic nitrogens is 2. The van der Waals surface area contributed by atoms with Gasteiger partial charge in [-0.15, -0.1) is 0 Å². The van der Waals surface area contributed by atoms with Crippen LogP contribution in [0.5, 0.6) is 0 Å². The fraction of sp³-hybridized carbons (Fsp3) is 0.464. The van der Waals surface area contributed by atoms with E-state index in [1.165, 1.54) is 0 Å². The molecule has 0 atom stereocenters. The summed E-state index contributed by atoms with van der Waals surface area (Å²) in [7, 11) is 0. The lowest BCUT2D eigenvalue weighted by Gasteiger charge is -2.57. The maximum atomic E-state index is 13.5. The number of fused-ring (bicyclic) bond motifs is 4. The third-order valence-electron chi connectivity index (χ3n) is 7.94. The molecule has 8 heteroatoms. The molecule has 2 heterocycles. The molecule has 6 rings (SSSR count). The zero-order valence-electron chi connectivity index (χ0n) is 21.0. The Hall–Kier alpha value is -2.13. The largest absolute Gasteiger partial charge is 0.444 e. The predicted octanol–water partition coefficient (Wildman–Crippen LogP) is 7.89. The number of nitrogens with one attached hydrogen (secondary N) is 1. The van der Waals surface area contributed by atoms with E-state index in [1.807, 2.05) is 56.1 Å². The van der Waals surface area contributed by atoms with Gasteiger partial charge in [0.1, 0.15) is 11.2 Å². The third kappa shape index (κ3) is 4.64. The average Bonchev–Trinajstić information content (AvgIpc) is 3.34. The van der Waals surface area contributed by atoms with Crippen LogP contribution in [0.25, 0.3) is 11.0 Å². The number of rotatable bonds is 5. The number of hydrogen-bond acceptors (Lipinski definition) is 4. The van der Waals surface area contributed by atoms with E-state index in [0.29, 0.717) is 11.6 Å². The highest BCUT2D eigenvalue weighted by Crippen LogP contribution is 2.57. The molecular formula is C28H32ClIN4O2. The van der Waals surface area contributed by atoms with Crippen LogP contribution < -0.4 is 0 Å². The normalized spacial score (nSPS) is 24.2. The Labute approximate surface area is 231 Å². The van der Waals surface area contributed by atoms with Gasteiger partial charge in [0, 0.05) is 40.8 Å². The molecule has 3 aliphatic carbocycles.